The largest absolute Gasteiger partial charge is 0.467 e. The van der Waals surface area contributed by atoms with Crippen molar-refractivity contribution in [2.45, 2.75) is 19.4 Å². The van der Waals surface area contributed by atoms with Crippen LogP contribution in [0.5, 0.6) is 0 Å². The third-order valence-electron chi connectivity index (χ3n) is 2.83. The van der Waals surface area contributed by atoms with Crippen LogP contribution in [-0.4, -0.2) is 17.6 Å². The zero-order valence-electron chi connectivity index (χ0n) is 8.64. The lowest BCUT2D eigenvalue weighted by atomic mass is 10.2. The van der Waals surface area contributed by atoms with Gasteiger partial charge >= 0.3 is 0 Å². The van der Waals surface area contributed by atoms with Crippen molar-refractivity contribution in [3.8, 4) is 0 Å². The predicted octanol–water partition coefficient (Wildman–Crippen LogP) is 1.09. The van der Waals surface area contributed by atoms with Gasteiger partial charge in [-0.15, -0.1) is 0 Å². The number of aliphatic hydroxyl groups is 1. The molecule has 1 aromatic heterocycles. The van der Waals surface area contributed by atoms with Gasteiger partial charge in [0.1, 0.15) is 11.8 Å². The van der Waals surface area contributed by atoms with Crippen molar-refractivity contribution >= 4 is 5.91 Å². The van der Waals surface area contributed by atoms with Gasteiger partial charge in [0.05, 0.1) is 12.9 Å². The molecule has 1 aliphatic carbocycles. The molecule has 15 heavy (non-hydrogen) atoms. The van der Waals surface area contributed by atoms with Crippen molar-refractivity contribution in [2.75, 3.05) is 6.61 Å². The topological polar surface area (TPSA) is 62.5 Å². The average Bonchev–Trinajstić information content (AvgIpc) is 2.77. The van der Waals surface area contributed by atoms with E-state index in [4.69, 9.17) is 9.52 Å². The fourth-order valence-electron chi connectivity index (χ4n) is 1.66. The molecule has 1 fully saturated rings. The Morgan fingerprint density at radius 2 is 2.53 bits per heavy atom. The molecule has 4 heteroatoms. The number of furan rings is 1. The molecular formula is C11H15NO3. The molecular weight excluding hydrogens is 194 g/mol. The first kappa shape index (κ1) is 10.2. The number of carbonyl (C=O) groups is 1. The number of rotatable bonds is 4. The minimum absolute atomic E-state index is 0.0120. The summed E-state index contributed by atoms with van der Waals surface area (Å²) in [5.74, 6) is 1.20. The smallest absolute Gasteiger partial charge is 0.224 e. The minimum atomic E-state index is -0.416. The Bertz CT molecular complexity index is 334. The van der Waals surface area contributed by atoms with Crippen LogP contribution >= 0.6 is 0 Å². The van der Waals surface area contributed by atoms with Crippen LogP contribution in [0.1, 0.15) is 25.1 Å². The Morgan fingerprint density at radius 1 is 1.80 bits per heavy atom. The van der Waals surface area contributed by atoms with Crippen molar-refractivity contribution in [3.05, 3.63) is 24.2 Å². The fraction of sp³-hybridized carbons (Fsp3) is 0.545. The zero-order valence-corrected chi connectivity index (χ0v) is 8.64. The summed E-state index contributed by atoms with van der Waals surface area (Å²) in [5.41, 5.74) is 0. The molecule has 2 rings (SSSR count). The molecule has 1 aliphatic rings. The molecule has 0 aliphatic heterocycles. The second-order valence-corrected chi connectivity index (χ2v) is 4.08. The number of amides is 1. The molecule has 2 N–H and O–H groups in total. The molecule has 82 valence electrons. The number of hydrogen-bond acceptors (Lipinski definition) is 3. The van der Waals surface area contributed by atoms with E-state index in [0.29, 0.717) is 11.7 Å². The predicted molar refractivity (Wildman–Crippen MR) is 53.9 cm³/mol. The Balaban J connectivity index is 1.94. The van der Waals surface area contributed by atoms with E-state index in [0.717, 1.165) is 6.42 Å². The Labute approximate surface area is 88.3 Å². The molecule has 0 aromatic carbocycles. The van der Waals surface area contributed by atoms with Crippen LogP contribution in [0, 0.1) is 11.8 Å². The van der Waals surface area contributed by atoms with E-state index in [1.807, 2.05) is 6.92 Å². The first-order chi connectivity index (χ1) is 7.22. The fourth-order valence-corrected chi connectivity index (χ4v) is 1.66. The van der Waals surface area contributed by atoms with Crippen LogP contribution in [0.25, 0.3) is 0 Å². The summed E-state index contributed by atoms with van der Waals surface area (Å²) in [6.07, 6.45) is 2.48. The average molecular weight is 209 g/mol. The van der Waals surface area contributed by atoms with Crippen LogP contribution in [0.4, 0.5) is 0 Å². The normalized spacial score (nSPS) is 26.0. The molecule has 0 saturated heterocycles. The highest BCUT2D eigenvalue weighted by Crippen LogP contribution is 2.38. The number of nitrogens with one attached hydrogen (secondary N) is 1. The van der Waals surface area contributed by atoms with Crippen LogP contribution in [-0.2, 0) is 4.79 Å². The van der Waals surface area contributed by atoms with E-state index < -0.39 is 6.04 Å². The maximum atomic E-state index is 11.6. The third kappa shape index (κ3) is 2.21. The summed E-state index contributed by atoms with van der Waals surface area (Å²) in [6, 6.07) is 3.07. The van der Waals surface area contributed by atoms with Crippen molar-refractivity contribution < 1.29 is 14.3 Å². The van der Waals surface area contributed by atoms with Crippen molar-refractivity contribution in [1.82, 2.24) is 5.32 Å². The molecule has 4 nitrogen and oxygen atoms in total. The van der Waals surface area contributed by atoms with E-state index in [9.17, 15) is 4.79 Å². The monoisotopic (exact) mass is 209 g/mol. The molecule has 1 heterocycles. The van der Waals surface area contributed by atoms with Gasteiger partial charge in [0, 0.05) is 5.92 Å². The molecule has 3 atom stereocenters. The van der Waals surface area contributed by atoms with Crippen LogP contribution in [0.3, 0.4) is 0 Å². The Morgan fingerprint density at radius 3 is 3.00 bits per heavy atom. The van der Waals surface area contributed by atoms with Gasteiger partial charge in [-0.1, -0.05) is 6.92 Å². The van der Waals surface area contributed by atoms with Gasteiger partial charge in [-0.2, -0.15) is 0 Å². The lowest BCUT2D eigenvalue weighted by molar-refractivity contribution is -0.123. The van der Waals surface area contributed by atoms with Gasteiger partial charge in [-0.05, 0) is 24.5 Å². The summed E-state index contributed by atoms with van der Waals surface area (Å²) >= 11 is 0. The lowest BCUT2D eigenvalue weighted by Crippen LogP contribution is -2.32. The molecule has 3 unspecified atom stereocenters. The second kappa shape index (κ2) is 4.06. The van der Waals surface area contributed by atoms with E-state index >= 15 is 0 Å². The standard InChI is InChI=1S/C11H15NO3/c1-7-5-8(7)11(14)12-9(6-13)10-3-2-4-15-10/h2-4,7-9,13H,5-6H2,1H3,(H,12,14). The number of aliphatic hydroxyl groups excluding tert-OH is 1. The highest BCUT2D eigenvalue weighted by molar-refractivity contribution is 5.81. The van der Waals surface area contributed by atoms with Gasteiger partial charge < -0.3 is 14.8 Å². The van der Waals surface area contributed by atoms with Crippen molar-refractivity contribution in [3.63, 3.8) is 0 Å². The van der Waals surface area contributed by atoms with E-state index in [-0.39, 0.29) is 18.4 Å². The summed E-state index contributed by atoms with van der Waals surface area (Å²) < 4.78 is 5.14. The zero-order chi connectivity index (χ0) is 10.8. The molecule has 1 aromatic rings. The van der Waals surface area contributed by atoms with Gasteiger partial charge in [-0.3, -0.25) is 4.79 Å². The van der Waals surface area contributed by atoms with Crippen LogP contribution in [0.2, 0.25) is 0 Å². The number of hydrogen-bond donors (Lipinski definition) is 2. The van der Waals surface area contributed by atoms with Gasteiger partial charge in [0.15, 0.2) is 0 Å². The summed E-state index contributed by atoms with van der Waals surface area (Å²) in [7, 11) is 0. The first-order valence-corrected chi connectivity index (χ1v) is 5.17. The molecule has 0 spiro atoms. The molecule has 1 amide bonds. The second-order valence-electron chi connectivity index (χ2n) is 4.08. The number of carbonyl (C=O) groups excluding carboxylic acids is 1. The summed E-state index contributed by atoms with van der Waals surface area (Å²) in [4.78, 5) is 11.6. The molecule has 0 bridgehead atoms. The Hall–Kier alpha value is -1.29. The quantitative estimate of drug-likeness (QED) is 0.780. The highest BCUT2D eigenvalue weighted by Gasteiger charge is 2.39. The maximum Gasteiger partial charge on any atom is 0.224 e. The van der Waals surface area contributed by atoms with Gasteiger partial charge in [0.2, 0.25) is 5.91 Å². The lowest BCUT2D eigenvalue weighted by Gasteiger charge is -2.13. The van der Waals surface area contributed by atoms with Crippen LogP contribution in [0.15, 0.2) is 22.8 Å². The van der Waals surface area contributed by atoms with E-state index in [1.54, 1.807) is 12.1 Å². The van der Waals surface area contributed by atoms with Gasteiger partial charge in [0.25, 0.3) is 0 Å². The van der Waals surface area contributed by atoms with Crippen molar-refractivity contribution in [1.29, 1.82) is 0 Å². The van der Waals surface area contributed by atoms with Gasteiger partial charge in [-0.25, -0.2) is 0 Å². The Kier molecular flexibility index (Phi) is 2.77. The third-order valence-corrected chi connectivity index (χ3v) is 2.83. The minimum Gasteiger partial charge on any atom is -0.467 e. The maximum absolute atomic E-state index is 11.6. The van der Waals surface area contributed by atoms with Crippen LogP contribution < -0.4 is 5.32 Å². The van der Waals surface area contributed by atoms with E-state index in [1.165, 1.54) is 6.26 Å². The SMILES string of the molecule is CC1CC1C(=O)NC(CO)c1ccco1. The van der Waals surface area contributed by atoms with Crippen molar-refractivity contribution in [2.24, 2.45) is 11.8 Å². The van der Waals surface area contributed by atoms with E-state index in [2.05, 4.69) is 5.32 Å². The summed E-state index contributed by atoms with van der Waals surface area (Å²) in [5, 5.41) is 11.9. The summed E-state index contributed by atoms with van der Waals surface area (Å²) in [6.45, 7) is 1.91. The molecule has 0 radical (unpaired) electrons. The molecule has 1 saturated carbocycles. The highest BCUT2D eigenvalue weighted by atomic mass is 16.3. The first-order valence-electron chi connectivity index (χ1n) is 5.17.